The van der Waals surface area contributed by atoms with Gasteiger partial charge in [0.1, 0.15) is 0 Å². The number of nitrogens with two attached hydrogens (primary N) is 1. The molecule has 0 saturated heterocycles. The van der Waals surface area contributed by atoms with Crippen LogP contribution in [0.25, 0.3) is 0 Å². The minimum Gasteiger partial charge on any atom is -0.321 e. The quantitative estimate of drug-likeness (QED) is 0.838. The molecule has 0 radical (unpaired) electrons. The lowest BCUT2D eigenvalue weighted by molar-refractivity contribution is 0.0901. The van der Waals surface area contributed by atoms with Gasteiger partial charge in [0.05, 0.1) is 6.04 Å². The zero-order chi connectivity index (χ0) is 12.5. The molecule has 1 atom stereocenters. The highest BCUT2D eigenvalue weighted by Crippen LogP contribution is 2.23. The lowest BCUT2D eigenvalue weighted by atomic mass is 9.83. The molecular formula is C13H19Cl2NO. The molecule has 0 spiro atoms. The summed E-state index contributed by atoms with van der Waals surface area (Å²) in [6, 6.07) is 4.76. The van der Waals surface area contributed by atoms with E-state index in [-0.39, 0.29) is 23.6 Å². The van der Waals surface area contributed by atoms with Crippen LogP contribution < -0.4 is 5.73 Å². The Morgan fingerprint density at radius 2 is 1.88 bits per heavy atom. The van der Waals surface area contributed by atoms with Gasteiger partial charge < -0.3 is 5.73 Å². The van der Waals surface area contributed by atoms with E-state index >= 15 is 0 Å². The SMILES string of the molecule is Cc1cc(C(=O)C(N)C(C)(C)C)ccc1Cl.Cl. The van der Waals surface area contributed by atoms with E-state index in [1.54, 1.807) is 18.2 Å². The van der Waals surface area contributed by atoms with Crippen molar-refractivity contribution in [3.63, 3.8) is 0 Å². The lowest BCUT2D eigenvalue weighted by Crippen LogP contribution is -2.42. The summed E-state index contributed by atoms with van der Waals surface area (Å²) >= 11 is 5.91. The number of hydrogen-bond donors (Lipinski definition) is 1. The Morgan fingerprint density at radius 3 is 2.29 bits per heavy atom. The van der Waals surface area contributed by atoms with Gasteiger partial charge in [-0.3, -0.25) is 4.79 Å². The normalized spacial score (nSPS) is 12.8. The summed E-state index contributed by atoms with van der Waals surface area (Å²) in [5.41, 5.74) is 7.23. The summed E-state index contributed by atoms with van der Waals surface area (Å²) in [5, 5.41) is 0.667. The molecule has 0 aliphatic carbocycles. The molecule has 0 aliphatic rings. The topological polar surface area (TPSA) is 43.1 Å². The van der Waals surface area contributed by atoms with Gasteiger partial charge in [-0.15, -0.1) is 12.4 Å². The molecule has 1 aromatic rings. The first-order valence-electron chi connectivity index (χ1n) is 5.29. The van der Waals surface area contributed by atoms with Gasteiger partial charge in [-0.05, 0) is 36.1 Å². The van der Waals surface area contributed by atoms with E-state index < -0.39 is 6.04 Å². The fourth-order valence-corrected chi connectivity index (χ4v) is 1.49. The first-order valence-corrected chi connectivity index (χ1v) is 5.67. The fraction of sp³-hybridized carbons (Fsp3) is 0.462. The number of aryl methyl sites for hydroxylation is 1. The predicted molar refractivity (Wildman–Crippen MR) is 75.2 cm³/mol. The molecule has 0 saturated carbocycles. The van der Waals surface area contributed by atoms with Gasteiger partial charge >= 0.3 is 0 Å². The Labute approximate surface area is 114 Å². The summed E-state index contributed by atoms with van der Waals surface area (Å²) in [6.07, 6.45) is 0. The van der Waals surface area contributed by atoms with E-state index in [9.17, 15) is 4.79 Å². The van der Waals surface area contributed by atoms with Crippen LogP contribution in [-0.2, 0) is 0 Å². The molecule has 2 N–H and O–H groups in total. The third kappa shape index (κ3) is 3.98. The monoisotopic (exact) mass is 275 g/mol. The average molecular weight is 276 g/mol. The zero-order valence-electron chi connectivity index (χ0n) is 10.6. The van der Waals surface area contributed by atoms with Crippen LogP contribution in [0, 0.1) is 12.3 Å². The number of Topliss-reactive ketones (excluding diaryl/α,β-unsaturated/α-hetero) is 1. The molecule has 0 aromatic heterocycles. The molecule has 1 aromatic carbocycles. The molecule has 0 bridgehead atoms. The molecule has 0 heterocycles. The highest BCUT2D eigenvalue weighted by atomic mass is 35.5. The number of carbonyl (C=O) groups is 1. The first-order chi connectivity index (χ1) is 7.23. The van der Waals surface area contributed by atoms with Gasteiger partial charge in [0.2, 0.25) is 0 Å². The Morgan fingerprint density at radius 1 is 1.35 bits per heavy atom. The maximum absolute atomic E-state index is 12.1. The molecule has 1 rings (SSSR count). The van der Waals surface area contributed by atoms with E-state index in [0.29, 0.717) is 10.6 Å². The standard InChI is InChI=1S/C13H18ClNO.ClH/c1-8-7-9(5-6-10(8)14)11(16)12(15)13(2,3)4;/h5-7,12H,15H2,1-4H3;1H. The minimum absolute atomic E-state index is 0. The number of benzene rings is 1. The molecule has 0 aliphatic heterocycles. The van der Waals surface area contributed by atoms with Gasteiger partial charge in [-0.2, -0.15) is 0 Å². The molecule has 4 heteroatoms. The Balaban J connectivity index is 0.00000256. The maximum Gasteiger partial charge on any atom is 0.180 e. The molecule has 2 nitrogen and oxygen atoms in total. The molecule has 0 fully saturated rings. The van der Waals surface area contributed by atoms with Crippen LogP contribution in [0.4, 0.5) is 0 Å². The highest BCUT2D eigenvalue weighted by Gasteiger charge is 2.28. The molecule has 96 valence electrons. The van der Waals surface area contributed by atoms with Crippen LogP contribution in [0.1, 0.15) is 36.7 Å². The van der Waals surface area contributed by atoms with E-state index in [2.05, 4.69) is 0 Å². The second-order valence-electron chi connectivity index (χ2n) is 5.17. The second kappa shape index (κ2) is 5.85. The van der Waals surface area contributed by atoms with Crippen molar-refractivity contribution in [2.24, 2.45) is 11.1 Å². The molecule has 17 heavy (non-hydrogen) atoms. The summed E-state index contributed by atoms with van der Waals surface area (Å²) in [7, 11) is 0. The minimum atomic E-state index is -0.493. The van der Waals surface area contributed by atoms with Gasteiger partial charge in [0.15, 0.2) is 5.78 Å². The summed E-state index contributed by atoms with van der Waals surface area (Å²) in [5.74, 6) is -0.0349. The second-order valence-corrected chi connectivity index (χ2v) is 5.58. The van der Waals surface area contributed by atoms with Gasteiger partial charge in [-0.1, -0.05) is 32.4 Å². The third-order valence-electron chi connectivity index (χ3n) is 2.66. The van der Waals surface area contributed by atoms with Crippen molar-refractivity contribution >= 4 is 29.8 Å². The number of rotatable bonds is 2. The highest BCUT2D eigenvalue weighted by molar-refractivity contribution is 6.31. The van der Waals surface area contributed by atoms with Crippen LogP contribution in [0.15, 0.2) is 18.2 Å². The van der Waals surface area contributed by atoms with E-state index in [0.717, 1.165) is 5.56 Å². The van der Waals surface area contributed by atoms with Crippen LogP contribution in [0.3, 0.4) is 0 Å². The van der Waals surface area contributed by atoms with Crippen molar-refractivity contribution in [1.82, 2.24) is 0 Å². The first kappa shape index (κ1) is 16.4. The van der Waals surface area contributed by atoms with E-state index in [1.165, 1.54) is 0 Å². The van der Waals surface area contributed by atoms with Crippen molar-refractivity contribution < 1.29 is 4.79 Å². The van der Waals surface area contributed by atoms with E-state index in [4.69, 9.17) is 17.3 Å². The van der Waals surface area contributed by atoms with Crippen molar-refractivity contribution in [3.05, 3.63) is 34.3 Å². The van der Waals surface area contributed by atoms with Crippen LogP contribution in [0.2, 0.25) is 5.02 Å². The maximum atomic E-state index is 12.1. The zero-order valence-corrected chi connectivity index (χ0v) is 12.2. The predicted octanol–water partition coefficient (Wildman–Crippen LogP) is 3.63. The van der Waals surface area contributed by atoms with E-state index in [1.807, 2.05) is 27.7 Å². The molecular weight excluding hydrogens is 257 g/mol. The van der Waals surface area contributed by atoms with Crippen molar-refractivity contribution in [2.45, 2.75) is 33.7 Å². The lowest BCUT2D eigenvalue weighted by Gasteiger charge is -2.25. The van der Waals surface area contributed by atoms with Crippen LogP contribution in [-0.4, -0.2) is 11.8 Å². The molecule has 1 unspecified atom stereocenters. The smallest absolute Gasteiger partial charge is 0.180 e. The summed E-state index contributed by atoms with van der Waals surface area (Å²) in [4.78, 5) is 12.1. The largest absolute Gasteiger partial charge is 0.321 e. The summed E-state index contributed by atoms with van der Waals surface area (Å²) in [6.45, 7) is 7.75. The van der Waals surface area contributed by atoms with Crippen molar-refractivity contribution in [2.75, 3.05) is 0 Å². The van der Waals surface area contributed by atoms with Gasteiger partial charge in [-0.25, -0.2) is 0 Å². The number of carbonyl (C=O) groups excluding carboxylic acids is 1. The Kier molecular flexibility index (Phi) is 5.66. The Hall–Kier alpha value is -0.570. The number of ketones is 1. The Bertz CT molecular complexity index is 410. The fourth-order valence-electron chi connectivity index (χ4n) is 1.37. The van der Waals surface area contributed by atoms with Gasteiger partial charge in [0, 0.05) is 10.6 Å². The van der Waals surface area contributed by atoms with Crippen molar-refractivity contribution in [3.8, 4) is 0 Å². The number of hydrogen-bond acceptors (Lipinski definition) is 2. The van der Waals surface area contributed by atoms with Crippen LogP contribution >= 0.6 is 24.0 Å². The average Bonchev–Trinajstić information content (AvgIpc) is 2.18. The number of halogens is 2. The molecule has 0 amide bonds. The van der Waals surface area contributed by atoms with Crippen LogP contribution in [0.5, 0.6) is 0 Å². The van der Waals surface area contributed by atoms with Gasteiger partial charge in [0.25, 0.3) is 0 Å². The summed E-state index contributed by atoms with van der Waals surface area (Å²) < 4.78 is 0. The third-order valence-corrected chi connectivity index (χ3v) is 3.08. The van der Waals surface area contributed by atoms with Crippen molar-refractivity contribution in [1.29, 1.82) is 0 Å².